The third-order valence-corrected chi connectivity index (χ3v) is 6.31. The number of thioether (sulfide) groups is 1. The van der Waals surface area contributed by atoms with E-state index in [0.29, 0.717) is 21.4 Å². The molecular weight excluding hydrogens is 464 g/mol. The SMILES string of the molecule is CC(C)(C)c1ccc(/C=N\N=C2\S/C(=C\c3ccc([N+](=O)[O-])cc3)C(=O)N2Cc2ccco2)cc1. The average Bonchev–Trinajstić information content (AvgIpc) is 3.43. The number of carbonyl (C=O) groups is 1. The van der Waals surface area contributed by atoms with Gasteiger partial charge in [0.15, 0.2) is 5.17 Å². The minimum atomic E-state index is -0.461. The molecular formula is C26H24N4O4S. The van der Waals surface area contributed by atoms with Gasteiger partial charge in [-0.25, -0.2) is 0 Å². The lowest BCUT2D eigenvalue weighted by Crippen LogP contribution is -2.28. The van der Waals surface area contributed by atoms with Crippen LogP contribution in [0.1, 0.15) is 43.2 Å². The summed E-state index contributed by atoms with van der Waals surface area (Å²) in [7, 11) is 0. The number of hydrogen-bond donors (Lipinski definition) is 0. The highest BCUT2D eigenvalue weighted by Gasteiger charge is 2.34. The Bertz CT molecular complexity index is 1300. The van der Waals surface area contributed by atoms with Gasteiger partial charge in [0, 0.05) is 12.1 Å². The summed E-state index contributed by atoms with van der Waals surface area (Å²) in [4.78, 5) is 25.5. The summed E-state index contributed by atoms with van der Waals surface area (Å²) in [5, 5.41) is 19.8. The molecule has 2 aromatic carbocycles. The Hall–Kier alpha value is -3.98. The summed E-state index contributed by atoms with van der Waals surface area (Å²) < 4.78 is 5.41. The first-order valence-electron chi connectivity index (χ1n) is 10.9. The fourth-order valence-electron chi connectivity index (χ4n) is 3.34. The van der Waals surface area contributed by atoms with Gasteiger partial charge in [0.2, 0.25) is 0 Å². The van der Waals surface area contributed by atoms with Gasteiger partial charge in [0.05, 0.1) is 28.9 Å². The fraction of sp³-hybridized carbons (Fsp3) is 0.192. The lowest BCUT2D eigenvalue weighted by Gasteiger charge is -2.18. The molecule has 2 heterocycles. The van der Waals surface area contributed by atoms with Gasteiger partial charge >= 0.3 is 0 Å². The molecule has 0 saturated carbocycles. The first-order chi connectivity index (χ1) is 16.7. The average molecular weight is 489 g/mol. The molecule has 0 atom stereocenters. The van der Waals surface area contributed by atoms with Crippen molar-refractivity contribution in [3.8, 4) is 0 Å². The van der Waals surface area contributed by atoms with E-state index in [0.717, 1.165) is 5.56 Å². The van der Waals surface area contributed by atoms with E-state index in [1.54, 1.807) is 42.8 Å². The largest absolute Gasteiger partial charge is 0.467 e. The minimum Gasteiger partial charge on any atom is -0.467 e. The van der Waals surface area contributed by atoms with Crippen LogP contribution >= 0.6 is 11.8 Å². The van der Waals surface area contributed by atoms with Crippen LogP contribution < -0.4 is 0 Å². The number of furan rings is 1. The maximum atomic E-state index is 13.1. The highest BCUT2D eigenvalue weighted by atomic mass is 32.2. The van der Waals surface area contributed by atoms with Crippen molar-refractivity contribution >= 4 is 40.8 Å². The van der Waals surface area contributed by atoms with Crippen molar-refractivity contribution in [1.29, 1.82) is 0 Å². The van der Waals surface area contributed by atoms with E-state index in [9.17, 15) is 14.9 Å². The molecule has 8 nitrogen and oxygen atoms in total. The van der Waals surface area contributed by atoms with E-state index in [-0.39, 0.29) is 23.6 Å². The summed E-state index contributed by atoms with van der Waals surface area (Å²) in [6.07, 6.45) is 4.88. The zero-order chi connectivity index (χ0) is 25.0. The number of non-ortho nitro benzene ring substituents is 1. The number of rotatable bonds is 6. The Morgan fingerprint density at radius 1 is 1.06 bits per heavy atom. The van der Waals surface area contributed by atoms with Crippen LogP contribution in [0.3, 0.4) is 0 Å². The lowest BCUT2D eigenvalue weighted by atomic mass is 9.87. The van der Waals surface area contributed by atoms with Crippen molar-refractivity contribution in [3.05, 3.63) is 104 Å². The van der Waals surface area contributed by atoms with E-state index < -0.39 is 4.92 Å². The van der Waals surface area contributed by atoms with Crippen LogP contribution in [0.25, 0.3) is 6.08 Å². The van der Waals surface area contributed by atoms with E-state index in [1.807, 2.05) is 12.1 Å². The second-order valence-electron chi connectivity index (χ2n) is 8.93. The monoisotopic (exact) mass is 488 g/mol. The van der Waals surface area contributed by atoms with Crippen molar-refractivity contribution in [2.75, 3.05) is 0 Å². The van der Waals surface area contributed by atoms with Crippen LogP contribution in [0.4, 0.5) is 5.69 Å². The Kier molecular flexibility index (Phi) is 6.97. The fourth-order valence-corrected chi connectivity index (χ4v) is 4.27. The molecule has 178 valence electrons. The molecule has 0 bridgehead atoms. The van der Waals surface area contributed by atoms with Crippen molar-refractivity contribution in [1.82, 2.24) is 4.90 Å². The molecule has 1 aromatic heterocycles. The second kappa shape index (κ2) is 10.1. The Labute approximate surface area is 207 Å². The molecule has 1 amide bonds. The van der Waals surface area contributed by atoms with Gasteiger partial charge in [-0.2, -0.15) is 5.10 Å². The van der Waals surface area contributed by atoms with Gasteiger partial charge in [-0.3, -0.25) is 19.8 Å². The third kappa shape index (κ3) is 5.93. The molecule has 4 rings (SSSR count). The second-order valence-corrected chi connectivity index (χ2v) is 9.94. The smallest absolute Gasteiger partial charge is 0.269 e. The van der Waals surface area contributed by atoms with Crippen molar-refractivity contribution < 1.29 is 14.1 Å². The van der Waals surface area contributed by atoms with E-state index in [4.69, 9.17) is 4.42 Å². The number of carbonyl (C=O) groups excluding carboxylic acids is 1. The highest BCUT2D eigenvalue weighted by Crippen LogP contribution is 2.34. The predicted molar refractivity (Wildman–Crippen MR) is 138 cm³/mol. The van der Waals surface area contributed by atoms with E-state index >= 15 is 0 Å². The number of nitro benzene ring substituents is 1. The van der Waals surface area contributed by atoms with Crippen molar-refractivity contribution in [2.45, 2.75) is 32.7 Å². The van der Waals surface area contributed by atoms with Gasteiger partial charge in [-0.05, 0) is 64.2 Å². The van der Waals surface area contributed by atoms with Crippen LogP contribution in [-0.2, 0) is 16.8 Å². The summed E-state index contributed by atoms with van der Waals surface area (Å²) >= 11 is 1.19. The lowest BCUT2D eigenvalue weighted by molar-refractivity contribution is -0.384. The predicted octanol–water partition coefficient (Wildman–Crippen LogP) is 5.99. The standard InChI is InChI=1S/C26H24N4O4S/c1-26(2,3)20-10-6-19(7-11-20)16-27-28-25-29(17-22-5-4-14-34-22)24(31)23(35-25)15-18-8-12-21(13-9-18)30(32)33/h4-16H,17H2,1-3H3/b23-15-,27-16-,28-25+. The molecule has 35 heavy (non-hydrogen) atoms. The highest BCUT2D eigenvalue weighted by molar-refractivity contribution is 8.18. The van der Waals surface area contributed by atoms with Gasteiger partial charge in [-0.15, -0.1) is 5.10 Å². The normalized spacial score (nSPS) is 16.7. The number of hydrogen-bond acceptors (Lipinski definition) is 7. The van der Waals surface area contributed by atoms with Gasteiger partial charge < -0.3 is 4.42 Å². The molecule has 0 N–H and O–H groups in total. The maximum Gasteiger partial charge on any atom is 0.269 e. The summed E-state index contributed by atoms with van der Waals surface area (Å²) in [5.41, 5.74) is 2.85. The molecule has 1 saturated heterocycles. The molecule has 1 aliphatic heterocycles. The summed E-state index contributed by atoms with van der Waals surface area (Å²) in [5.74, 6) is 0.373. The first kappa shape index (κ1) is 24.2. The van der Waals surface area contributed by atoms with E-state index in [1.165, 1.54) is 34.4 Å². The zero-order valence-corrected chi connectivity index (χ0v) is 20.4. The molecule has 0 unspecified atom stereocenters. The molecule has 1 aliphatic rings. The van der Waals surface area contributed by atoms with Gasteiger partial charge in [0.1, 0.15) is 5.76 Å². The van der Waals surface area contributed by atoms with Crippen LogP contribution in [0, 0.1) is 10.1 Å². The van der Waals surface area contributed by atoms with E-state index in [2.05, 4.69) is 43.1 Å². The molecule has 0 radical (unpaired) electrons. The number of amides is 1. The van der Waals surface area contributed by atoms with Crippen LogP contribution in [0.15, 0.2) is 86.5 Å². The van der Waals surface area contributed by atoms with Crippen LogP contribution in [-0.4, -0.2) is 27.1 Å². The Morgan fingerprint density at radius 3 is 2.34 bits per heavy atom. The Balaban J connectivity index is 1.58. The summed E-state index contributed by atoms with van der Waals surface area (Å²) in [6, 6.07) is 17.7. The van der Waals surface area contributed by atoms with Crippen molar-refractivity contribution in [2.24, 2.45) is 10.2 Å². The third-order valence-electron chi connectivity index (χ3n) is 5.31. The maximum absolute atomic E-state index is 13.1. The molecule has 0 aliphatic carbocycles. The van der Waals surface area contributed by atoms with Gasteiger partial charge in [-0.1, -0.05) is 45.0 Å². The number of amidine groups is 1. The number of nitro groups is 1. The molecule has 0 spiro atoms. The molecule has 9 heteroatoms. The molecule has 3 aromatic rings. The van der Waals surface area contributed by atoms with Crippen LogP contribution in [0.2, 0.25) is 0 Å². The van der Waals surface area contributed by atoms with Gasteiger partial charge in [0.25, 0.3) is 11.6 Å². The number of benzene rings is 2. The minimum absolute atomic E-state index is 0.0101. The number of nitrogens with zero attached hydrogens (tertiary/aromatic N) is 4. The molecule has 1 fully saturated rings. The zero-order valence-electron chi connectivity index (χ0n) is 19.5. The van der Waals surface area contributed by atoms with Crippen molar-refractivity contribution in [3.63, 3.8) is 0 Å². The Morgan fingerprint density at radius 2 is 1.74 bits per heavy atom. The van der Waals surface area contributed by atoms with Crippen LogP contribution in [0.5, 0.6) is 0 Å². The topological polar surface area (TPSA) is 101 Å². The quantitative estimate of drug-likeness (QED) is 0.183. The summed E-state index contributed by atoms with van der Waals surface area (Å²) in [6.45, 7) is 6.69. The first-order valence-corrected chi connectivity index (χ1v) is 11.7.